The van der Waals surface area contributed by atoms with E-state index in [4.69, 9.17) is 4.74 Å². The molecule has 29 heavy (non-hydrogen) atoms. The Morgan fingerprint density at radius 1 is 1.24 bits per heavy atom. The van der Waals surface area contributed by atoms with Crippen LogP contribution in [0.1, 0.15) is 31.7 Å². The van der Waals surface area contributed by atoms with Crippen LogP contribution in [-0.2, 0) is 19.1 Å². The van der Waals surface area contributed by atoms with E-state index in [1.807, 2.05) is 30.3 Å². The van der Waals surface area contributed by atoms with Gasteiger partial charge in [-0.05, 0) is 31.2 Å². The monoisotopic (exact) mass is 398 g/mol. The molecule has 2 heterocycles. The van der Waals surface area contributed by atoms with Crippen LogP contribution in [0.15, 0.2) is 35.4 Å². The summed E-state index contributed by atoms with van der Waals surface area (Å²) in [6, 6.07) is 8.92. The molecule has 152 valence electrons. The van der Waals surface area contributed by atoms with Crippen LogP contribution in [0, 0.1) is 5.92 Å². The van der Waals surface area contributed by atoms with Crippen LogP contribution in [-0.4, -0.2) is 64.7 Å². The topological polar surface area (TPSA) is 108 Å². The molecule has 4 rings (SSSR count). The van der Waals surface area contributed by atoms with Gasteiger partial charge in [-0.15, -0.1) is 0 Å². The Morgan fingerprint density at radius 2 is 1.97 bits per heavy atom. The van der Waals surface area contributed by atoms with Crippen molar-refractivity contribution in [1.29, 1.82) is 0 Å². The molecule has 0 unspecified atom stereocenters. The smallest absolute Gasteiger partial charge is 0.326 e. The van der Waals surface area contributed by atoms with Gasteiger partial charge in [0.1, 0.15) is 12.1 Å². The Morgan fingerprint density at radius 3 is 2.66 bits per heavy atom. The molecule has 1 aliphatic carbocycles. The van der Waals surface area contributed by atoms with Gasteiger partial charge in [0.15, 0.2) is 6.61 Å². The lowest BCUT2D eigenvalue weighted by molar-refractivity contribution is -0.153. The minimum atomic E-state index is -0.953. The van der Waals surface area contributed by atoms with Crippen LogP contribution in [0.25, 0.3) is 0 Å². The maximum Gasteiger partial charge on any atom is 0.326 e. The van der Waals surface area contributed by atoms with Crippen molar-refractivity contribution in [2.75, 3.05) is 19.7 Å². The van der Waals surface area contributed by atoms with Crippen molar-refractivity contribution in [3.05, 3.63) is 35.9 Å². The molecule has 0 aromatic heterocycles. The standard InChI is InChI=1S/C20H22N4O5/c1-20(14-7-8-14)18(27)23(19(28)21-20)11-17(26)29-12-16(25)24-10-9-15(22-24)13-5-3-2-4-6-13/h2-6,14H,7-12H2,1H3,(H,21,28)/t20-/m1/s1. The van der Waals surface area contributed by atoms with Crippen LogP contribution in [0.4, 0.5) is 4.79 Å². The van der Waals surface area contributed by atoms with E-state index in [1.54, 1.807) is 6.92 Å². The molecule has 1 N–H and O–H groups in total. The van der Waals surface area contributed by atoms with E-state index in [0.717, 1.165) is 29.0 Å². The zero-order valence-electron chi connectivity index (χ0n) is 16.1. The molecule has 1 aromatic rings. The number of esters is 1. The first-order chi connectivity index (χ1) is 13.9. The summed E-state index contributed by atoms with van der Waals surface area (Å²) < 4.78 is 4.99. The second-order valence-corrected chi connectivity index (χ2v) is 7.64. The Bertz CT molecular complexity index is 895. The molecule has 2 aliphatic heterocycles. The van der Waals surface area contributed by atoms with Crippen LogP contribution in [0.2, 0.25) is 0 Å². The number of carbonyl (C=O) groups excluding carboxylic acids is 4. The molecular formula is C20H22N4O5. The largest absolute Gasteiger partial charge is 0.454 e. The van der Waals surface area contributed by atoms with Crippen molar-refractivity contribution in [3.8, 4) is 0 Å². The molecule has 0 spiro atoms. The molecule has 9 nitrogen and oxygen atoms in total. The van der Waals surface area contributed by atoms with Gasteiger partial charge in [0, 0.05) is 6.42 Å². The van der Waals surface area contributed by atoms with Gasteiger partial charge in [-0.3, -0.25) is 19.3 Å². The summed E-state index contributed by atoms with van der Waals surface area (Å²) in [7, 11) is 0. The van der Waals surface area contributed by atoms with E-state index in [2.05, 4.69) is 10.4 Å². The molecule has 1 saturated carbocycles. The third-order valence-corrected chi connectivity index (χ3v) is 5.54. The number of carbonyl (C=O) groups is 4. The zero-order chi connectivity index (χ0) is 20.6. The number of imide groups is 1. The van der Waals surface area contributed by atoms with Gasteiger partial charge in [0.2, 0.25) is 0 Å². The molecule has 1 saturated heterocycles. The van der Waals surface area contributed by atoms with E-state index in [9.17, 15) is 19.2 Å². The lowest BCUT2D eigenvalue weighted by atomic mass is 9.96. The molecule has 4 amide bonds. The van der Waals surface area contributed by atoms with Gasteiger partial charge in [0.05, 0.1) is 12.3 Å². The molecule has 3 aliphatic rings. The number of rotatable bonds is 6. The fraction of sp³-hybridized carbons (Fsp3) is 0.450. The number of nitrogens with zero attached hydrogens (tertiary/aromatic N) is 3. The maximum absolute atomic E-state index is 12.5. The number of ether oxygens (including phenoxy) is 1. The van der Waals surface area contributed by atoms with Crippen molar-refractivity contribution >= 4 is 29.5 Å². The molecule has 0 radical (unpaired) electrons. The van der Waals surface area contributed by atoms with Gasteiger partial charge in [-0.25, -0.2) is 9.80 Å². The van der Waals surface area contributed by atoms with Crippen molar-refractivity contribution < 1.29 is 23.9 Å². The van der Waals surface area contributed by atoms with Crippen LogP contribution >= 0.6 is 0 Å². The second kappa shape index (κ2) is 7.31. The summed E-state index contributed by atoms with van der Waals surface area (Å²) in [6.45, 7) is 1.08. The van der Waals surface area contributed by atoms with Crippen LogP contribution < -0.4 is 5.32 Å². The first-order valence-corrected chi connectivity index (χ1v) is 9.61. The SMILES string of the molecule is C[C@]1(C2CC2)NC(=O)N(CC(=O)OCC(=O)N2CCC(c3ccccc3)=N2)C1=O. The Hall–Kier alpha value is -3.23. The van der Waals surface area contributed by atoms with Gasteiger partial charge >= 0.3 is 12.0 Å². The first-order valence-electron chi connectivity index (χ1n) is 9.61. The van der Waals surface area contributed by atoms with Crippen LogP contribution in [0.5, 0.6) is 0 Å². The first kappa shape index (κ1) is 19.1. The lowest BCUT2D eigenvalue weighted by Gasteiger charge is -2.20. The van der Waals surface area contributed by atoms with Crippen molar-refractivity contribution in [1.82, 2.24) is 15.2 Å². The van der Waals surface area contributed by atoms with Crippen molar-refractivity contribution in [3.63, 3.8) is 0 Å². The average molecular weight is 398 g/mol. The summed E-state index contributed by atoms with van der Waals surface area (Å²) >= 11 is 0. The number of hydrogen-bond donors (Lipinski definition) is 1. The normalized spacial score (nSPS) is 23.8. The van der Waals surface area contributed by atoms with Gasteiger partial charge in [0.25, 0.3) is 11.8 Å². The highest BCUT2D eigenvalue weighted by Gasteiger charge is 2.56. The van der Waals surface area contributed by atoms with Crippen LogP contribution in [0.3, 0.4) is 0 Å². The van der Waals surface area contributed by atoms with Gasteiger partial charge < -0.3 is 10.1 Å². The Balaban J connectivity index is 1.29. The van der Waals surface area contributed by atoms with Gasteiger partial charge in [-0.1, -0.05) is 30.3 Å². The third-order valence-electron chi connectivity index (χ3n) is 5.54. The quantitative estimate of drug-likeness (QED) is 0.565. The molecule has 9 heteroatoms. The summed E-state index contributed by atoms with van der Waals surface area (Å²) in [5, 5.41) is 8.22. The fourth-order valence-corrected chi connectivity index (χ4v) is 3.66. The third kappa shape index (κ3) is 3.72. The molecule has 1 aromatic carbocycles. The molecule has 1 atom stereocenters. The van der Waals surface area contributed by atoms with E-state index in [1.165, 1.54) is 5.01 Å². The highest BCUT2D eigenvalue weighted by atomic mass is 16.5. The summed E-state index contributed by atoms with van der Waals surface area (Å²) in [6.07, 6.45) is 2.36. The Labute approximate surface area is 167 Å². The predicted molar refractivity (Wildman–Crippen MR) is 102 cm³/mol. The number of hydrazone groups is 1. The van der Waals surface area contributed by atoms with E-state index >= 15 is 0 Å². The lowest BCUT2D eigenvalue weighted by Crippen LogP contribution is -2.46. The summed E-state index contributed by atoms with van der Waals surface area (Å²) in [5.41, 5.74) is 0.784. The number of urea groups is 1. The highest BCUT2D eigenvalue weighted by molar-refractivity contribution is 6.09. The van der Waals surface area contributed by atoms with Crippen molar-refractivity contribution in [2.45, 2.75) is 31.7 Å². The van der Waals surface area contributed by atoms with E-state index in [0.29, 0.717) is 13.0 Å². The summed E-state index contributed by atoms with van der Waals surface area (Å²) in [4.78, 5) is 49.8. The molecule has 0 bridgehead atoms. The molecule has 2 fully saturated rings. The summed E-state index contributed by atoms with van der Waals surface area (Å²) in [5.74, 6) is -1.59. The fourth-order valence-electron chi connectivity index (χ4n) is 3.66. The minimum Gasteiger partial charge on any atom is -0.454 e. The number of amides is 4. The maximum atomic E-state index is 12.5. The predicted octanol–water partition coefficient (Wildman–Crippen LogP) is 0.887. The van der Waals surface area contributed by atoms with E-state index < -0.39 is 42.5 Å². The number of hydrogen-bond acceptors (Lipinski definition) is 6. The zero-order valence-corrected chi connectivity index (χ0v) is 16.1. The van der Waals surface area contributed by atoms with Crippen molar-refractivity contribution in [2.24, 2.45) is 11.0 Å². The highest BCUT2D eigenvalue weighted by Crippen LogP contribution is 2.42. The van der Waals surface area contributed by atoms with E-state index in [-0.39, 0.29) is 5.92 Å². The number of benzene rings is 1. The van der Waals surface area contributed by atoms with Gasteiger partial charge in [-0.2, -0.15) is 5.10 Å². The number of nitrogens with one attached hydrogen (secondary N) is 1. The average Bonchev–Trinajstić information content (AvgIpc) is 3.42. The molecular weight excluding hydrogens is 376 g/mol. The Kier molecular flexibility index (Phi) is 4.81. The minimum absolute atomic E-state index is 0.105. The second-order valence-electron chi connectivity index (χ2n) is 7.64.